The maximum Gasteiger partial charge on any atom is 0.459 e. The highest BCUT2D eigenvalue weighted by molar-refractivity contribution is 7.52. The summed E-state index contributed by atoms with van der Waals surface area (Å²) in [5, 5.41) is 16.9. The van der Waals surface area contributed by atoms with Crippen molar-refractivity contribution >= 4 is 25.1 Å². The summed E-state index contributed by atoms with van der Waals surface area (Å²) < 4.78 is 77.5. The second-order valence-corrected chi connectivity index (χ2v) is 13.1. The standard InChI is InChI=1S/C29H34F3N6O6P/c1-19(27(39)41-15-20-7-9-21(10-8-20)29(30,31)32)37-45(40,44-22-5-3-2-4-6-22)42-17-28(16-33)14-13-25(43-28)23-11-12-24-26(34)35-18-36-38(23)24/h2-6,11-12,18-21,25H,7-10,13-15,17H2,1H3,(H,37,40)(H2,34,35,36)/t19-,20?,21?,25+,28+,45?/m0/s1. The number of nitrogen functional groups attached to an aromatic ring is 1. The van der Waals surface area contributed by atoms with Gasteiger partial charge in [-0.25, -0.2) is 14.1 Å². The number of rotatable bonds is 11. The van der Waals surface area contributed by atoms with Crippen LogP contribution in [0.5, 0.6) is 5.75 Å². The third-order valence-electron chi connectivity index (χ3n) is 8.14. The summed E-state index contributed by atoms with van der Waals surface area (Å²) in [5.74, 6) is -1.84. The SMILES string of the molecule is C[C@H](NP(=O)(OC[C@]1(C#N)CC[C@H](c2ccc3c(N)ncnn23)O1)Oc1ccccc1)C(=O)OCC1CCC(C(F)(F)F)CC1. The lowest BCUT2D eigenvalue weighted by Gasteiger charge is -2.30. The molecule has 1 saturated heterocycles. The monoisotopic (exact) mass is 650 g/mol. The van der Waals surface area contributed by atoms with Gasteiger partial charge in [-0.05, 0) is 75.6 Å². The van der Waals surface area contributed by atoms with Crippen LogP contribution in [-0.2, 0) is 23.4 Å². The molecule has 2 aliphatic rings. The molecule has 0 spiro atoms. The van der Waals surface area contributed by atoms with Crippen LogP contribution in [0.1, 0.15) is 57.2 Å². The predicted octanol–water partition coefficient (Wildman–Crippen LogP) is 5.52. The number of carbonyl (C=O) groups is 1. The number of benzene rings is 1. The van der Waals surface area contributed by atoms with Crippen molar-refractivity contribution in [2.45, 2.75) is 69.4 Å². The average Bonchev–Trinajstić information content (AvgIpc) is 3.65. The third-order valence-corrected chi connectivity index (χ3v) is 9.76. The first-order chi connectivity index (χ1) is 21.4. The summed E-state index contributed by atoms with van der Waals surface area (Å²) in [6.45, 7) is 0.889. The Hall–Kier alpha value is -3.70. The first kappa shape index (κ1) is 32.7. The van der Waals surface area contributed by atoms with Crippen molar-refractivity contribution in [1.29, 1.82) is 5.26 Å². The normalized spacial score (nSPS) is 25.7. The van der Waals surface area contributed by atoms with E-state index < -0.39 is 50.2 Å². The van der Waals surface area contributed by atoms with Crippen molar-refractivity contribution in [2.75, 3.05) is 18.9 Å². The fourth-order valence-electron chi connectivity index (χ4n) is 5.57. The molecule has 3 aromatic rings. The largest absolute Gasteiger partial charge is 0.464 e. The maximum absolute atomic E-state index is 14.0. The molecule has 1 saturated carbocycles. The quantitative estimate of drug-likeness (QED) is 0.198. The number of nitrogens with one attached hydrogen (secondary N) is 1. The van der Waals surface area contributed by atoms with E-state index in [-0.39, 0.29) is 56.2 Å². The van der Waals surface area contributed by atoms with E-state index in [1.807, 2.05) is 0 Å². The number of para-hydroxylation sites is 1. The van der Waals surface area contributed by atoms with Crippen molar-refractivity contribution in [3.63, 3.8) is 0 Å². The molecule has 5 rings (SSSR count). The third kappa shape index (κ3) is 7.76. The molecule has 2 aromatic heterocycles. The van der Waals surface area contributed by atoms with Gasteiger partial charge >= 0.3 is 19.9 Å². The van der Waals surface area contributed by atoms with Crippen LogP contribution in [0.3, 0.4) is 0 Å². The molecule has 1 aliphatic carbocycles. The van der Waals surface area contributed by atoms with Gasteiger partial charge in [0.25, 0.3) is 0 Å². The van der Waals surface area contributed by atoms with Crippen LogP contribution in [0.2, 0.25) is 0 Å². The number of carbonyl (C=O) groups excluding carboxylic acids is 1. The minimum absolute atomic E-state index is 0.0143. The first-order valence-electron chi connectivity index (χ1n) is 14.6. The first-order valence-corrected chi connectivity index (χ1v) is 16.1. The van der Waals surface area contributed by atoms with Crippen LogP contribution in [-0.4, -0.2) is 51.6 Å². The van der Waals surface area contributed by atoms with Crippen molar-refractivity contribution in [3.8, 4) is 11.8 Å². The molecule has 242 valence electrons. The summed E-state index contributed by atoms with van der Waals surface area (Å²) >= 11 is 0. The Morgan fingerprint density at radius 1 is 1.22 bits per heavy atom. The molecule has 0 amide bonds. The average molecular weight is 651 g/mol. The van der Waals surface area contributed by atoms with Gasteiger partial charge in [0.05, 0.1) is 18.2 Å². The number of ether oxygens (including phenoxy) is 2. The number of anilines is 1. The van der Waals surface area contributed by atoms with Gasteiger partial charge in [-0.15, -0.1) is 0 Å². The number of hydrogen-bond acceptors (Lipinski definition) is 10. The van der Waals surface area contributed by atoms with Crippen molar-refractivity contribution in [2.24, 2.45) is 11.8 Å². The number of nitrogens with two attached hydrogens (primary N) is 1. The summed E-state index contributed by atoms with van der Waals surface area (Å²) in [7, 11) is -4.32. The van der Waals surface area contributed by atoms with Gasteiger partial charge in [-0.2, -0.15) is 28.6 Å². The fourth-order valence-corrected chi connectivity index (χ4v) is 7.11. The molecule has 0 radical (unpaired) electrons. The van der Waals surface area contributed by atoms with E-state index in [1.165, 1.54) is 13.3 Å². The smallest absolute Gasteiger partial charge is 0.459 e. The molecule has 0 bridgehead atoms. The number of fused-ring (bicyclic) bond motifs is 1. The summed E-state index contributed by atoms with van der Waals surface area (Å²) in [5.41, 5.74) is 5.68. The molecule has 45 heavy (non-hydrogen) atoms. The Morgan fingerprint density at radius 2 is 1.96 bits per heavy atom. The molecule has 1 aromatic carbocycles. The van der Waals surface area contributed by atoms with Crippen LogP contribution in [0.4, 0.5) is 19.0 Å². The van der Waals surface area contributed by atoms with Gasteiger partial charge in [0.2, 0.25) is 0 Å². The van der Waals surface area contributed by atoms with E-state index in [0.717, 1.165) is 0 Å². The Bertz CT molecular complexity index is 1580. The number of nitrogens with zero attached hydrogens (tertiary/aromatic N) is 4. The van der Waals surface area contributed by atoms with E-state index in [4.69, 9.17) is 24.3 Å². The lowest BCUT2D eigenvalue weighted by atomic mass is 9.82. The molecule has 3 heterocycles. The van der Waals surface area contributed by atoms with Crippen molar-refractivity contribution < 1.29 is 41.1 Å². The minimum atomic E-state index is -4.32. The Morgan fingerprint density at radius 3 is 2.64 bits per heavy atom. The highest BCUT2D eigenvalue weighted by Gasteiger charge is 2.46. The van der Waals surface area contributed by atoms with E-state index in [9.17, 15) is 27.8 Å². The Labute approximate surface area is 257 Å². The van der Waals surface area contributed by atoms with Crippen LogP contribution in [0.25, 0.3) is 5.52 Å². The zero-order valence-electron chi connectivity index (χ0n) is 24.5. The molecular formula is C29H34F3N6O6P. The van der Waals surface area contributed by atoms with Crippen molar-refractivity contribution in [3.05, 3.63) is 54.5 Å². The highest BCUT2D eigenvalue weighted by atomic mass is 31.2. The van der Waals surface area contributed by atoms with Crippen LogP contribution in [0.15, 0.2) is 48.8 Å². The fraction of sp³-hybridized carbons (Fsp3) is 0.517. The summed E-state index contributed by atoms with van der Waals surface area (Å²) in [6, 6.07) is 12.6. The number of halogens is 3. The minimum Gasteiger partial charge on any atom is -0.464 e. The van der Waals surface area contributed by atoms with Gasteiger partial charge in [-0.1, -0.05) is 18.2 Å². The second-order valence-electron chi connectivity index (χ2n) is 11.4. The zero-order valence-corrected chi connectivity index (χ0v) is 25.4. The second kappa shape index (κ2) is 13.3. The topological polar surface area (TPSA) is 163 Å². The number of alkyl halides is 3. The lowest BCUT2D eigenvalue weighted by molar-refractivity contribution is -0.185. The molecule has 1 aliphatic heterocycles. The number of esters is 1. The zero-order chi connectivity index (χ0) is 32.2. The maximum atomic E-state index is 14.0. The molecule has 2 fully saturated rings. The Kier molecular flexibility index (Phi) is 9.69. The van der Waals surface area contributed by atoms with Gasteiger partial charge in [-0.3, -0.25) is 9.32 Å². The van der Waals surface area contributed by atoms with Gasteiger partial charge < -0.3 is 19.7 Å². The number of nitriles is 1. The van der Waals surface area contributed by atoms with Crippen LogP contribution >= 0.6 is 7.75 Å². The van der Waals surface area contributed by atoms with Crippen LogP contribution in [0, 0.1) is 23.2 Å². The van der Waals surface area contributed by atoms with Crippen LogP contribution < -0.4 is 15.3 Å². The van der Waals surface area contributed by atoms with Crippen molar-refractivity contribution in [1.82, 2.24) is 19.7 Å². The van der Waals surface area contributed by atoms with Gasteiger partial charge in [0, 0.05) is 0 Å². The van der Waals surface area contributed by atoms with Gasteiger partial charge in [0.15, 0.2) is 11.4 Å². The van der Waals surface area contributed by atoms with E-state index in [0.29, 0.717) is 17.6 Å². The molecule has 3 N–H and O–H groups in total. The molecule has 12 nitrogen and oxygen atoms in total. The molecular weight excluding hydrogens is 616 g/mol. The lowest BCUT2D eigenvalue weighted by Crippen LogP contribution is -2.38. The summed E-state index contributed by atoms with van der Waals surface area (Å²) in [6.07, 6.45) is -2.25. The van der Waals surface area contributed by atoms with E-state index in [2.05, 4.69) is 21.2 Å². The number of hydrogen-bond donors (Lipinski definition) is 2. The van der Waals surface area contributed by atoms with E-state index in [1.54, 1.807) is 47.0 Å². The Balaban J connectivity index is 1.22. The molecule has 4 atom stereocenters. The predicted molar refractivity (Wildman–Crippen MR) is 154 cm³/mol. The molecule has 16 heteroatoms. The van der Waals surface area contributed by atoms with Gasteiger partial charge in [0.1, 0.15) is 42.4 Å². The van der Waals surface area contributed by atoms with E-state index >= 15 is 0 Å². The number of aromatic nitrogens is 3. The highest BCUT2D eigenvalue weighted by Crippen LogP contribution is 2.48. The molecule has 1 unspecified atom stereocenters. The summed E-state index contributed by atoms with van der Waals surface area (Å²) in [4.78, 5) is 16.8.